The summed E-state index contributed by atoms with van der Waals surface area (Å²) in [5, 5.41) is 11.5. The summed E-state index contributed by atoms with van der Waals surface area (Å²) in [6, 6.07) is 17.5. The number of anilines is 1. The Kier molecular flexibility index (Phi) is 6.83. The highest BCUT2D eigenvalue weighted by atomic mass is 16.5. The van der Waals surface area contributed by atoms with Gasteiger partial charge in [-0.25, -0.2) is 4.98 Å². The highest BCUT2D eigenvalue weighted by molar-refractivity contribution is 6.06. The molecule has 38 heavy (non-hydrogen) atoms. The van der Waals surface area contributed by atoms with Gasteiger partial charge in [-0.05, 0) is 56.0 Å². The minimum Gasteiger partial charge on any atom is -0.476 e. The first kappa shape index (κ1) is 24.2. The molecule has 9 heteroatoms. The molecule has 0 spiro atoms. The SMILES string of the molecule is Cn1cnnc1-c1c(NC(=O)c2cc(OCCN3CCCC3)nc(C3CC3)n2)cccc1-c1ccccc1. The molecule has 1 saturated carbocycles. The van der Waals surface area contributed by atoms with Crippen LogP contribution in [0.5, 0.6) is 5.88 Å². The Labute approximate surface area is 221 Å². The lowest BCUT2D eigenvalue weighted by Crippen LogP contribution is -2.25. The van der Waals surface area contributed by atoms with E-state index in [1.165, 1.54) is 12.8 Å². The Hall–Kier alpha value is -4.11. The van der Waals surface area contributed by atoms with Gasteiger partial charge in [-0.2, -0.15) is 4.98 Å². The van der Waals surface area contributed by atoms with Crippen LogP contribution in [0.3, 0.4) is 0 Å². The number of aryl methyl sites for hydroxylation is 1. The van der Waals surface area contributed by atoms with Crippen LogP contribution in [0.1, 0.15) is 47.9 Å². The van der Waals surface area contributed by atoms with Gasteiger partial charge < -0.3 is 14.6 Å². The fourth-order valence-electron chi connectivity index (χ4n) is 4.89. The third kappa shape index (κ3) is 5.28. The summed E-state index contributed by atoms with van der Waals surface area (Å²) in [6.45, 7) is 3.63. The van der Waals surface area contributed by atoms with E-state index in [2.05, 4.69) is 30.4 Å². The molecule has 3 heterocycles. The molecule has 2 aliphatic rings. The summed E-state index contributed by atoms with van der Waals surface area (Å²) >= 11 is 0. The molecular formula is C29H31N7O2. The number of nitrogens with one attached hydrogen (secondary N) is 1. The topological polar surface area (TPSA) is 98.1 Å². The number of carbonyl (C=O) groups is 1. The normalized spacial score (nSPS) is 15.5. The molecule has 1 aliphatic carbocycles. The third-order valence-corrected chi connectivity index (χ3v) is 7.08. The lowest BCUT2D eigenvalue weighted by molar-refractivity contribution is 0.102. The second-order valence-electron chi connectivity index (χ2n) is 9.93. The zero-order chi connectivity index (χ0) is 25.9. The average molecular weight is 510 g/mol. The predicted octanol–water partition coefficient (Wildman–Crippen LogP) is 4.54. The number of aromatic nitrogens is 5. The van der Waals surface area contributed by atoms with Crippen LogP contribution in [0.4, 0.5) is 5.69 Å². The first-order valence-corrected chi connectivity index (χ1v) is 13.2. The molecule has 2 fully saturated rings. The number of rotatable bonds is 9. The van der Waals surface area contributed by atoms with E-state index in [9.17, 15) is 4.79 Å². The van der Waals surface area contributed by atoms with Crippen LogP contribution in [0, 0.1) is 0 Å². The van der Waals surface area contributed by atoms with Gasteiger partial charge in [-0.3, -0.25) is 9.69 Å². The zero-order valence-corrected chi connectivity index (χ0v) is 21.5. The van der Waals surface area contributed by atoms with Crippen molar-refractivity contribution in [2.75, 3.05) is 31.6 Å². The van der Waals surface area contributed by atoms with E-state index in [0.717, 1.165) is 49.2 Å². The first-order chi connectivity index (χ1) is 18.7. The average Bonchev–Trinajstić information content (AvgIpc) is 3.51. The molecule has 0 radical (unpaired) electrons. The number of hydrogen-bond acceptors (Lipinski definition) is 7. The molecule has 9 nitrogen and oxygen atoms in total. The summed E-state index contributed by atoms with van der Waals surface area (Å²) < 4.78 is 7.86. The van der Waals surface area contributed by atoms with Crippen LogP contribution in [-0.4, -0.2) is 61.8 Å². The van der Waals surface area contributed by atoms with E-state index in [1.807, 2.05) is 60.1 Å². The number of carbonyl (C=O) groups excluding carboxylic acids is 1. The molecule has 1 amide bonds. The summed E-state index contributed by atoms with van der Waals surface area (Å²) in [7, 11) is 1.89. The van der Waals surface area contributed by atoms with Gasteiger partial charge in [0.05, 0.1) is 11.3 Å². The Balaban J connectivity index is 1.30. The summed E-state index contributed by atoms with van der Waals surface area (Å²) in [5.41, 5.74) is 3.70. The van der Waals surface area contributed by atoms with Gasteiger partial charge in [0, 0.05) is 25.6 Å². The quantitative estimate of drug-likeness (QED) is 0.354. The van der Waals surface area contributed by atoms with Gasteiger partial charge in [0.2, 0.25) is 5.88 Å². The highest BCUT2D eigenvalue weighted by Gasteiger charge is 2.29. The van der Waals surface area contributed by atoms with E-state index in [-0.39, 0.29) is 5.91 Å². The van der Waals surface area contributed by atoms with Crippen molar-refractivity contribution in [1.82, 2.24) is 29.6 Å². The molecule has 1 saturated heterocycles. The Morgan fingerprint density at radius 2 is 1.87 bits per heavy atom. The van der Waals surface area contributed by atoms with Crippen LogP contribution in [0.2, 0.25) is 0 Å². The molecule has 194 valence electrons. The van der Waals surface area contributed by atoms with E-state index >= 15 is 0 Å². The van der Waals surface area contributed by atoms with E-state index in [1.54, 1.807) is 12.4 Å². The first-order valence-electron chi connectivity index (χ1n) is 13.2. The van der Waals surface area contributed by atoms with Gasteiger partial charge >= 0.3 is 0 Å². The summed E-state index contributed by atoms with van der Waals surface area (Å²) in [5.74, 6) is 1.77. The summed E-state index contributed by atoms with van der Waals surface area (Å²) in [6.07, 6.45) is 6.21. The molecule has 2 aromatic heterocycles. The Morgan fingerprint density at radius 1 is 1.05 bits per heavy atom. The minimum atomic E-state index is -0.313. The largest absolute Gasteiger partial charge is 0.476 e. The number of ether oxygens (including phenoxy) is 1. The van der Waals surface area contributed by atoms with Crippen molar-refractivity contribution in [1.29, 1.82) is 0 Å². The van der Waals surface area contributed by atoms with Gasteiger partial charge in [0.25, 0.3) is 5.91 Å². The van der Waals surface area contributed by atoms with Crippen molar-refractivity contribution in [2.45, 2.75) is 31.6 Å². The molecule has 6 rings (SSSR count). The molecule has 0 unspecified atom stereocenters. The highest BCUT2D eigenvalue weighted by Crippen LogP contribution is 2.39. The second kappa shape index (κ2) is 10.7. The molecule has 0 atom stereocenters. The van der Waals surface area contributed by atoms with Crippen LogP contribution in [-0.2, 0) is 7.05 Å². The molecule has 1 N–H and O–H groups in total. The maximum atomic E-state index is 13.6. The van der Waals surface area contributed by atoms with Crippen molar-refractivity contribution >= 4 is 11.6 Å². The fraction of sp³-hybridized carbons (Fsp3) is 0.345. The smallest absolute Gasteiger partial charge is 0.274 e. The number of benzene rings is 2. The molecule has 2 aromatic carbocycles. The van der Waals surface area contributed by atoms with Gasteiger partial charge in [-0.15, -0.1) is 10.2 Å². The third-order valence-electron chi connectivity index (χ3n) is 7.08. The maximum Gasteiger partial charge on any atom is 0.274 e. The standard InChI is InChI=1S/C29H31N7O2/c1-35-19-30-34-28(35)26-22(20-8-3-2-4-9-20)10-7-11-23(26)32-29(37)24-18-25(33-27(31-24)21-12-13-21)38-17-16-36-14-5-6-15-36/h2-4,7-11,18-19,21H,5-6,12-17H2,1H3,(H,32,37). The lowest BCUT2D eigenvalue weighted by Gasteiger charge is -2.16. The van der Waals surface area contributed by atoms with Gasteiger partial charge in [0.1, 0.15) is 24.5 Å². The van der Waals surface area contributed by atoms with Gasteiger partial charge in [-0.1, -0.05) is 42.5 Å². The van der Waals surface area contributed by atoms with Crippen LogP contribution in [0.25, 0.3) is 22.5 Å². The lowest BCUT2D eigenvalue weighted by atomic mass is 9.97. The Bertz CT molecular complexity index is 1430. The predicted molar refractivity (Wildman–Crippen MR) is 145 cm³/mol. The van der Waals surface area contributed by atoms with Crippen molar-refractivity contribution in [3.05, 3.63) is 72.4 Å². The van der Waals surface area contributed by atoms with Crippen LogP contribution >= 0.6 is 0 Å². The molecular weight excluding hydrogens is 478 g/mol. The number of amides is 1. The van der Waals surface area contributed by atoms with Crippen LogP contribution in [0.15, 0.2) is 60.9 Å². The van der Waals surface area contributed by atoms with Crippen molar-refractivity contribution in [2.24, 2.45) is 7.05 Å². The van der Waals surface area contributed by atoms with Crippen molar-refractivity contribution in [3.8, 4) is 28.4 Å². The van der Waals surface area contributed by atoms with E-state index in [0.29, 0.717) is 41.4 Å². The van der Waals surface area contributed by atoms with Crippen molar-refractivity contribution < 1.29 is 9.53 Å². The van der Waals surface area contributed by atoms with E-state index in [4.69, 9.17) is 4.74 Å². The fourth-order valence-corrected chi connectivity index (χ4v) is 4.89. The van der Waals surface area contributed by atoms with E-state index < -0.39 is 0 Å². The second-order valence-corrected chi connectivity index (χ2v) is 9.93. The minimum absolute atomic E-state index is 0.291. The van der Waals surface area contributed by atoms with Crippen LogP contribution < -0.4 is 10.1 Å². The van der Waals surface area contributed by atoms with Crippen molar-refractivity contribution in [3.63, 3.8) is 0 Å². The molecule has 0 bridgehead atoms. The number of nitrogens with zero attached hydrogens (tertiary/aromatic N) is 6. The molecule has 1 aliphatic heterocycles. The maximum absolute atomic E-state index is 13.6. The number of hydrogen-bond donors (Lipinski definition) is 1. The monoisotopic (exact) mass is 509 g/mol. The molecule has 4 aromatic rings. The van der Waals surface area contributed by atoms with Gasteiger partial charge in [0.15, 0.2) is 5.82 Å². The summed E-state index contributed by atoms with van der Waals surface area (Å²) in [4.78, 5) is 25.2. The number of likely N-dealkylation sites (tertiary alicyclic amines) is 1. The Morgan fingerprint density at radius 3 is 2.61 bits per heavy atom. The zero-order valence-electron chi connectivity index (χ0n) is 21.5.